The van der Waals surface area contributed by atoms with Gasteiger partial charge < -0.3 is 10.6 Å². The molecule has 0 spiro atoms. The lowest BCUT2D eigenvalue weighted by Gasteiger charge is -2.31. The van der Waals surface area contributed by atoms with Crippen LogP contribution in [0, 0.1) is 0 Å². The van der Waals surface area contributed by atoms with Crippen molar-refractivity contribution in [3.05, 3.63) is 88.9 Å². The number of piperidine rings is 1. The molecule has 176 valence electrons. The predicted octanol–water partition coefficient (Wildman–Crippen LogP) is 2.56. The van der Waals surface area contributed by atoms with Crippen molar-refractivity contribution in [3.8, 4) is 0 Å². The molecule has 2 aromatic carbocycles. The second-order valence-corrected chi connectivity index (χ2v) is 9.03. The first kappa shape index (κ1) is 21.4. The summed E-state index contributed by atoms with van der Waals surface area (Å²) in [5, 5.41) is 0.961. The Bertz CT molecular complexity index is 1560. The highest BCUT2D eigenvalue weighted by Crippen LogP contribution is 2.24. The smallest absolute Gasteiger partial charge is 0.280 e. The van der Waals surface area contributed by atoms with E-state index in [-0.39, 0.29) is 18.1 Å². The van der Waals surface area contributed by atoms with E-state index in [2.05, 4.69) is 32.0 Å². The van der Waals surface area contributed by atoms with Crippen molar-refractivity contribution in [1.82, 2.24) is 29.1 Å². The number of hydrogen-bond donors (Lipinski definition) is 1. The maximum atomic E-state index is 13.7. The number of nitrogens with two attached hydrogens (primary N) is 1. The van der Waals surface area contributed by atoms with E-state index < -0.39 is 0 Å². The van der Waals surface area contributed by atoms with E-state index in [1.54, 1.807) is 10.8 Å². The number of para-hydroxylation sites is 1. The van der Waals surface area contributed by atoms with Crippen LogP contribution in [0.5, 0.6) is 0 Å². The molecule has 5 aromatic rings. The highest BCUT2D eigenvalue weighted by molar-refractivity contribution is 5.77. The molecule has 9 heteroatoms. The fraction of sp³-hybridized carbons (Fsp3) is 0.269. The largest absolute Gasteiger partial charge is 0.341 e. The summed E-state index contributed by atoms with van der Waals surface area (Å²) in [6, 6.07) is 18.0. The third-order valence-electron chi connectivity index (χ3n) is 6.49. The topological polar surface area (TPSA) is 108 Å². The molecular formula is C26H26N8O. The Morgan fingerprint density at radius 1 is 0.971 bits per heavy atom. The van der Waals surface area contributed by atoms with Gasteiger partial charge in [0.25, 0.3) is 5.56 Å². The zero-order valence-electron chi connectivity index (χ0n) is 19.3. The summed E-state index contributed by atoms with van der Waals surface area (Å²) in [6.45, 7) is 2.31. The van der Waals surface area contributed by atoms with Crippen molar-refractivity contribution in [2.24, 2.45) is 5.73 Å². The van der Waals surface area contributed by atoms with E-state index in [1.165, 1.54) is 6.33 Å². The molecule has 2 N–H and O–H groups in total. The molecule has 1 unspecified atom stereocenters. The van der Waals surface area contributed by atoms with Gasteiger partial charge in [-0.3, -0.25) is 13.9 Å². The van der Waals surface area contributed by atoms with Gasteiger partial charge in [0, 0.05) is 30.7 Å². The lowest BCUT2D eigenvalue weighted by molar-refractivity contribution is 0.495. The van der Waals surface area contributed by atoms with E-state index in [1.807, 2.05) is 47.0 Å². The van der Waals surface area contributed by atoms with Crippen LogP contribution in [0.15, 0.2) is 71.9 Å². The molecule has 4 heterocycles. The summed E-state index contributed by atoms with van der Waals surface area (Å²) in [5.41, 5.74) is 8.95. The van der Waals surface area contributed by atoms with Crippen molar-refractivity contribution >= 4 is 28.0 Å². The lowest BCUT2D eigenvalue weighted by atomic mass is 10.1. The first-order valence-corrected chi connectivity index (χ1v) is 11.9. The summed E-state index contributed by atoms with van der Waals surface area (Å²) in [6.07, 6.45) is 5.31. The standard InChI is InChI=1S/C26H26N8O/c27-20-10-6-12-32(15-20)26-31-24-23(34(26)14-18-7-2-1-3-8-18)25(35)33(17-29-24)16-22-28-13-19-9-4-5-11-21(19)30-22/h1-5,7-9,11,13,17,20H,6,10,12,14-16,27H2. The maximum absolute atomic E-state index is 13.7. The van der Waals surface area contributed by atoms with Gasteiger partial charge >= 0.3 is 0 Å². The molecule has 6 rings (SSSR count). The number of hydrogen-bond acceptors (Lipinski definition) is 7. The van der Waals surface area contributed by atoms with Gasteiger partial charge in [0.2, 0.25) is 5.95 Å². The molecule has 0 saturated carbocycles. The SMILES string of the molecule is NC1CCCN(c2nc3ncn(Cc4ncc5ccccc5n4)c(=O)c3n2Cc2ccccc2)C1. The van der Waals surface area contributed by atoms with E-state index >= 15 is 0 Å². The molecule has 0 bridgehead atoms. The number of fused-ring (bicyclic) bond motifs is 2. The molecule has 0 amide bonds. The van der Waals surface area contributed by atoms with Crippen molar-refractivity contribution in [3.63, 3.8) is 0 Å². The molecule has 1 aliphatic heterocycles. The van der Waals surface area contributed by atoms with Crippen LogP contribution in [-0.2, 0) is 13.1 Å². The minimum Gasteiger partial charge on any atom is -0.341 e. The number of imidazole rings is 1. The molecule has 9 nitrogen and oxygen atoms in total. The third-order valence-corrected chi connectivity index (χ3v) is 6.49. The van der Waals surface area contributed by atoms with Gasteiger partial charge in [-0.15, -0.1) is 0 Å². The summed E-state index contributed by atoms with van der Waals surface area (Å²) >= 11 is 0. The number of aromatic nitrogens is 6. The second-order valence-electron chi connectivity index (χ2n) is 9.03. The Balaban J connectivity index is 1.45. The zero-order chi connectivity index (χ0) is 23.8. The van der Waals surface area contributed by atoms with Crippen LogP contribution in [0.2, 0.25) is 0 Å². The number of benzene rings is 2. The maximum Gasteiger partial charge on any atom is 0.280 e. The fourth-order valence-corrected chi connectivity index (χ4v) is 4.74. The molecule has 35 heavy (non-hydrogen) atoms. The van der Waals surface area contributed by atoms with Crippen molar-refractivity contribution in [2.75, 3.05) is 18.0 Å². The van der Waals surface area contributed by atoms with Crippen molar-refractivity contribution in [1.29, 1.82) is 0 Å². The lowest BCUT2D eigenvalue weighted by Crippen LogP contribution is -2.44. The van der Waals surface area contributed by atoms with Gasteiger partial charge in [0.05, 0.1) is 18.6 Å². The first-order chi connectivity index (χ1) is 17.2. The Morgan fingerprint density at radius 2 is 1.80 bits per heavy atom. The van der Waals surface area contributed by atoms with Crippen LogP contribution >= 0.6 is 0 Å². The third kappa shape index (κ3) is 4.15. The van der Waals surface area contributed by atoms with E-state index in [0.29, 0.717) is 30.1 Å². The Labute approximate surface area is 201 Å². The van der Waals surface area contributed by atoms with Crippen molar-refractivity contribution < 1.29 is 0 Å². The van der Waals surface area contributed by atoms with Crippen molar-refractivity contribution in [2.45, 2.75) is 32.0 Å². The summed E-state index contributed by atoms with van der Waals surface area (Å²) in [7, 11) is 0. The van der Waals surface area contributed by atoms with Crippen LogP contribution in [0.1, 0.15) is 24.2 Å². The molecular weight excluding hydrogens is 440 g/mol. The summed E-state index contributed by atoms with van der Waals surface area (Å²) in [5.74, 6) is 1.30. The number of rotatable bonds is 5. The molecule has 1 saturated heterocycles. The first-order valence-electron chi connectivity index (χ1n) is 11.9. The monoisotopic (exact) mass is 466 g/mol. The quantitative estimate of drug-likeness (QED) is 0.424. The minimum absolute atomic E-state index is 0.0865. The molecule has 1 aliphatic rings. The number of anilines is 1. The average Bonchev–Trinajstić information content (AvgIpc) is 3.25. The minimum atomic E-state index is -0.164. The average molecular weight is 467 g/mol. The second kappa shape index (κ2) is 8.92. The molecule has 1 atom stereocenters. The summed E-state index contributed by atoms with van der Waals surface area (Å²) in [4.78, 5) is 34.3. The molecule has 0 radical (unpaired) electrons. The summed E-state index contributed by atoms with van der Waals surface area (Å²) < 4.78 is 3.54. The zero-order valence-corrected chi connectivity index (χ0v) is 19.3. The van der Waals surface area contributed by atoms with E-state index in [0.717, 1.165) is 41.8 Å². The molecule has 3 aromatic heterocycles. The predicted molar refractivity (Wildman–Crippen MR) is 135 cm³/mol. The van der Waals surface area contributed by atoms with Gasteiger partial charge in [0.15, 0.2) is 11.2 Å². The van der Waals surface area contributed by atoms with Crippen LogP contribution in [-0.4, -0.2) is 48.2 Å². The van der Waals surface area contributed by atoms with E-state index in [4.69, 9.17) is 10.7 Å². The Morgan fingerprint density at radius 3 is 2.66 bits per heavy atom. The highest BCUT2D eigenvalue weighted by Gasteiger charge is 2.25. The molecule has 0 aliphatic carbocycles. The highest BCUT2D eigenvalue weighted by atomic mass is 16.1. The fourth-order valence-electron chi connectivity index (χ4n) is 4.74. The van der Waals surface area contributed by atoms with E-state index in [9.17, 15) is 4.79 Å². The van der Waals surface area contributed by atoms with Gasteiger partial charge in [0.1, 0.15) is 12.2 Å². The Hall–Kier alpha value is -4.11. The van der Waals surface area contributed by atoms with Crippen LogP contribution < -0.4 is 16.2 Å². The Kier molecular flexibility index (Phi) is 5.46. The number of nitrogens with zero attached hydrogens (tertiary/aromatic N) is 7. The van der Waals surface area contributed by atoms with Gasteiger partial charge in [-0.25, -0.2) is 15.0 Å². The van der Waals surface area contributed by atoms with Gasteiger partial charge in [-0.1, -0.05) is 48.5 Å². The normalized spacial score (nSPS) is 16.3. The molecule has 1 fully saturated rings. The van der Waals surface area contributed by atoms with Crippen LogP contribution in [0.4, 0.5) is 5.95 Å². The van der Waals surface area contributed by atoms with Gasteiger partial charge in [-0.05, 0) is 24.5 Å². The van der Waals surface area contributed by atoms with Crippen LogP contribution in [0.25, 0.3) is 22.1 Å². The van der Waals surface area contributed by atoms with Gasteiger partial charge in [-0.2, -0.15) is 4.98 Å². The van der Waals surface area contributed by atoms with Crippen LogP contribution in [0.3, 0.4) is 0 Å².